The van der Waals surface area contributed by atoms with Crippen molar-refractivity contribution in [1.82, 2.24) is 9.97 Å². The van der Waals surface area contributed by atoms with Crippen LogP contribution in [0.4, 0.5) is 11.6 Å². The van der Waals surface area contributed by atoms with E-state index in [0.29, 0.717) is 11.9 Å². The summed E-state index contributed by atoms with van der Waals surface area (Å²) in [6.07, 6.45) is 2.53. The van der Waals surface area contributed by atoms with Crippen LogP contribution in [0.3, 0.4) is 0 Å². The van der Waals surface area contributed by atoms with Gasteiger partial charge in [0.15, 0.2) is 0 Å². The average molecular weight is 248 g/mol. The van der Waals surface area contributed by atoms with Crippen molar-refractivity contribution in [3.05, 3.63) is 11.4 Å². The Morgan fingerprint density at radius 2 is 1.89 bits per heavy atom. The second kappa shape index (κ2) is 4.41. The number of nitrogens with zero attached hydrogens (tertiary/aromatic N) is 3. The van der Waals surface area contributed by atoms with Gasteiger partial charge in [0.1, 0.15) is 17.5 Å². The summed E-state index contributed by atoms with van der Waals surface area (Å²) < 4.78 is 0. The van der Waals surface area contributed by atoms with Gasteiger partial charge in [-0.25, -0.2) is 9.97 Å². The van der Waals surface area contributed by atoms with Crippen LogP contribution in [-0.2, 0) is 5.41 Å². The van der Waals surface area contributed by atoms with Crippen LogP contribution < -0.4 is 10.6 Å². The quantitative estimate of drug-likeness (QED) is 0.893. The lowest BCUT2D eigenvalue weighted by atomic mass is 9.95. The lowest BCUT2D eigenvalue weighted by molar-refractivity contribution is 0.544. The Morgan fingerprint density at radius 3 is 2.33 bits per heavy atom. The molecule has 0 atom stereocenters. The number of aromatic nitrogens is 2. The van der Waals surface area contributed by atoms with Gasteiger partial charge in [-0.15, -0.1) is 0 Å². The third kappa shape index (κ3) is 2.42. The predicted octanol–water partition coefficient (Wildman–Crippen LogP) is 2.65. The number of hydrogen-bond acceptors (Lipinski definition) is 4. The Hall–Kier alpha value is -1.32. The molecule has 100 valence electrons. The summed E-state index contributed by atoms with van der Waals surface area (Å²) in [5.41, 5.74) is 6.99. The number of anilines is 2. The van der Waals surface area contributed by atoms with E-state index in [1.54, 1.807) is 0 Å². The van der Waals surface area contributed by atoms with Gasteiger partial charge in [0, 0.05) is 23.6 Å². The summed E-state index contributed by atoms with van der Waals surface area (Å²) in [4.78, 5) is 11.6. The zero-order valence-corrected chi connectivity index (χ0v) is 12.1. The highest BCUT2D eigenvalue weighted by Gasteiger charge is 2.31. The summed E-state index contributed by atoms with van der Waals surface area (Å²) in [5, 5.41) is 0. The molecule has 0 saturated heterocycles. The molecule has 0 aromatic carbocycles. The lowest BCUT2D eigenvalue weighted by Crippen LogP contribution is -2.29. The molecular weight excluding hydrogens is 224 g/mol. The molecule has 1 aliphatic rings. The molecule has 0 spiro atoms. The van der Waals surface area contributed by atoms with Crippen molar-refractivity contribution in [2.45, 2.75) is 58.9 Å². The second-order valence-electron chi connectivity index (χ2n) is 6.15. The molecule has 1 saturated carbocycles. The van der Waals surface area contributed by atoms with Gasteiger partial charge in [-0.2, -0.15) is 0 Å². The summed E-state index contributed by atoms with van der Waals surface area (Å²) in [5.74, 6) is 2.47. The SMILES string of the molecule is CCN(c1nc(C(C)(C)C)nc(N)c1C)C1CC1. The van der Waals surface area contributed by atoms with Crippen molar-refractivity contribution in [3.63, 3.8) is 0 Å². The van der Waals surface area contributed by atoms with Crippen molar-refractivity contribution in [2.75, 3.05) is 17.2 Å². The van der Waals surface area contributed by atoms with Crippen LogP contribution in [0.25, 0.3) is 0 Å². The largest absolute Gasteiger partial charge is 0.383 e. The van der Waals surface area contributed by atoms with E-state index in [-0.39, 0.29) is 5.41 Å². The maximum absolute atomic E-state index is 6.05. The molecule has 1 aromatic heterocycles. The van der Waals surface area contributed by atoms with Crippen molar-refractivity contribution in [3.8, 4) is 0 Å². The Morgan fingerprint density at radius 1 is 1.28 bits per heavy atom. The van der Waals surface area contributed by atoms with Crippen molar-refractivity contribution < 1.29 is 0 Å². The number of rotatable bonds is 3. The van der Waals surface area contributed by atoms with Gasteiger partial charge >= 0.3 is 0 Å². The maximum atomic E-state index is 6.05. The molecule has 4 heteroatoms. The average Bonchev–Trinajstić information content (AvgIpc) is 3.07. The minimum atomic E-state index is -0.0699. The Bertz CT molecular complexity index is 444. The summed E-state index contributed by atoms with van der Waals surface area (Å²) in [6, 6.07) is 0.649. The number of nitrogen functional groups attached to an aromatic ring is 1. The molecule has 0 unspecified atom stereocenters. The van der Waals surface area contributed by atoms with Crippen LogP contribution in [0.15, 0.2) is 0 Å². The van der Waals surface area contributed by atoms with Crippen LogP contribution in [0.2, 0.25) is 0 Å². The van der Waals surface area contributed by atoms with E-state index in [1.807, 2.05) is 6.92 Å². The monoisotopic (exact) mass is 248 g/mol. The molecule has 0 radical (unpaired) electrons. The molecule has 1 fully saturated rings. The molecule has 0 aliphatic heterocycles. The van der Waals surface area contributed by atoms with Gasteiger partial charge in [0.05, 0.1) is 0 Å². The maximum Gasteiger partial charge on any atom is 0.138 e. The van der Waals surface area contributed by atoms with E-state index in [1.165, 1.54) is 12.8 Å². The van der Waals surface area contributed by atoms with E-state index in [2.05, 4.69) is 37.6 Å². The minimum Gasteiger partial charge on any atom is -0.383 e. The fourth-order valence-electron chi connectivity index (χ4n) is 2.10. The van der Waals surface area contributed by atoms with Crippen LogP contribution in [0.5, 0.6) is 0 Å². The molecular formula is C14H24N4. The van der Waals surface area contributed by atoms with Crippen LogP contribution in [0, 0.1) is 6.92 Å². The number of hydrogen-bond donors (Lipinski definition) is 1. The highest BCUT2D eigenvalue weighted by molar-refractivity contribution is 5.58. The van der Waals surface area contributed by atoms with Crippen LogP contribution >= 0.6 is 0 Å². The third-order valence-corrected chi connectivity index (χ3v) is 3.43. The smallest absolute Gasteiger partial charge is 0.138 e. The van der Waals surface area contributed by atoms with E-state index in [0.717, 1.165) is 23.8 Å². The topological polar surface area (TPSA) is 55.0 Å². The van der Waals surface area contributed by atoms with E-state index in [9.17, 15) is 0 Å². The second-order valence-corrected chi connectivity index (χ2v) is 6.15. The van der Waals surface area contributed by atoms with Gasteiger partial charge in [-0.3, -0.25) is 0 Å². The highest BCUT2D eigenvalue weighted by atomic mass is 15.2. The van der Waals surface area contributed by atoms with Gasteiger partial charge < -0.3 is 10.6 Å². The molecule has 0 amide bonds. The van der Waals surface area contributed by atoms with Crippen molar-refractivity contribution >= 4 is 11.6 Å². The van der Waals surface area contributed by atoms with Crippen LogP contribution in [0.1, 0.15) is 51.9 Å². The lowest BCUT2D eigenvalue weighted by Gasteiger charge is -2.26. The van der Waals surface area contributed by atoms with E-state index < -0.39 is 0 Å². The van der Waals surface area contributed by atoms with Gasteiger partial charge in [-0.05, 0) is 26.7 Å². The Balaban J connectivity index is 2.48. The van der Waals surface area contributed by atoms with Crippen LogP contribution in [-0.4, -0.2) is 22.6 Å². The summed E-state index contributed by atoms with van der Waals surface area (Å²) in [6.45, 7) is 11.5. The molecule has 1 aliphatic carbocycles. The first-order chi connectivity index (χ1) is 8.34. The fraction of sp³-hybridized carbons (Fsp3) is 0.714. The molecule has 1 heterocycles. The highest BCUT2D eigenvalue weighted by Crippen LogP contribution is 2.34. The Kier molecular flexibility index (Phi) is 3.21. The van der Waals surface area contributed by atoms with Gasteiger partial charge in [-0.1, -0.05) is 20.8 Å². The normalized spacial score (nSPS) is 15.8. The first kappa shape index (κ1) is 13.1. The Labute approximate surface area is 110 Å². The molecule has 2 rings (SSSR count). The van der Waals surface area contributed by atoms with E-state index in [4.69, 9.17) is 10.7 Å². The van der Waals surface area contributed by atoms with Crippen molar-refractivity contribution in [1.29, 1.82) is 0 Å². The molecule has 2 N–H and O–H groups in total. The van der Waals surface area contributed by atoms with Crippen molar-refractivity contribution in [2.24, 2.45) is 0 Å². The van der Waals surface area contributed by atoms with Gasteiger partial charge in [0.2, 0.25) is 0 Å². The minimum absolute atomic E-state index is 0.0699. The number of nitrogens with two attached hydrogens (primary N) is 1. The van der Waals surface area contributed by atoms with E-state index >= 15 is 0 Å². The molecule has 0 bridgehead atoms. The zero-order valence-electron chi connectivity index (χ0n) is 12.1. The first-order valence-electron chi connectivity index (χ1n) is 6.75. The fourth-order valence-corrected chi connectivity index (χ4v) is 2.10. The zero-order chi connectivity index (χ0) is 13.5. The summed E-state index contributed by atoms with van der Waals surface area (Å²) in [7, 11) is 0. The molecule has 4 nitrogen and oxygen atoms in total. The third-order valence-electron chi connectivity index (χ3n) is 3.43. The van der Waals surface area contributed by atoms with Gasteiger partial charge in [0.25, 0.3) is 0 Å². The molecule has 1 aromatic rings. The summed E-state index contributed by atoms with van der Waals surface area (Å²) >= 11 is 0. The first-order valence-corrected chi connectivity index (χ1v) is 6.75. The predicted molar refractivity (Wildman–Crippen MR) is 75.9 cm³/mol. The standard InChI is InChI=1S/C14H24N4/c1-6-18(10-7-8-10)12-9(2)11(15)16-13(17-12)14(3,4)5/h10H,6-8H2,1-5H3,(H2,15,16,17). The molecule has 18 heavy (non-hydrogen) atoms.